The molecule has 2 aliphatic rings. The van der Waals surface area contributed by atoms with Crippen LogP contribution in [0.5, 0.6) is 0 Å². The SMILES string of the molecule is O=C(COC(F)F)N1C[C@H]2CCC[C@H]2C1. The highest BCUT2D eigenvalue weighted by Crippen LogP contribution is 2.37. The molecule has 1 aliphatic carbocycles. The van der Waals surface area contributed by atoms with Crippen molar-refractivity contribution in [3.63, 3.8) is 0 Å². The van der Waals surface area contributed by atoms with Crippen LogP contribution in [0.4, 0.5) is 8.78 Å². The van der Waals surface area contributed by atoms with Gasteiger partial charge in [0.25, 0.3) is 0 Å². The van der Waals surface area contributed by atoms with Crippen LogP contribution in [-0.2, 0) is 9.53 Å². The van der Waals surface area contributed by atoms with Gasteiger partial charge in [-0.2, -0.15) is 8.78 Å². The molecule has 3 nitrogen and oxygen atoms in total. The zero-order chi connectivity index (χ0) is 10.8. The number of halogens is 2. The molecule has 0 radical (unpaired) electrons. The maximum absolute atomic E-state index is 11.7. The van der Waals surface area contributed by atoms with Crippen molar-refractivity contribution in [1.82, 2.24) is 4.90 Å². The van der Waals surface area contributed by atoms with E-state index in [1.165, 1.54) is 19.3 Å². The van der Waals surface area contributed by atoms with Gasteiger partial charge in [-0.15, -0.1) is 0 Å². The first-order valence-electron chi connectivity index (χ1n) is 5.34. The lowest BCUT2D eigenvalue weighted by Gasteiger charge is -2.16. The summed E-state index contributed by atoms with van der Waals surface area (Å²) < 4.78 is 27.5. The van der Waals surface area contributed by atoms with E-state index in [4.69, 9.17) is 0 Å². The van der Waals surface area contributed by atoms with Gasteiger partial charge in [0, 0.05) is 13.1 Å². The molecule has 1 amide bonds. The summed E-state index contributed by atoms with van der Waals surface area (Å²) in [6.07, 6.45) is 3.58. The van der Waals surface area contributed by atoms with Gasteiger partial charge in [-0.25, -0.2) is 0 Å². The first kappa shape index (κ1) is 10.8. The number of hydrogen-bond acceptors (Lipinski definition) is 2. The van der Waals surface area contributed by atoms with Crippen LogP contribution in [0.2, 0.25) is 0 Å². The van der Waals surface area contributed by atoms with E-state index in [2.05, 4.69) is 4.74 Å². The predicted octanol–water partition coefficient (Wildman–Crippen LogP) is 1.48. The Labute approximate surface area is 87.4 Å². The molecule has 1 aliphatic heterocycles. The van der Waals surface area contributed by atoms with Crippen LogP contribution in [0.25, 0.3) is 0 Å². The topological polar surface area (TPSA) is 29.5 Å². The molecule has 1 saturated heterocycles. The van der Waals surface area contributed by atoms with E-state index in [-0.39, 0.29) is 5.91 Å². The van der Waals surface area contributed by atoms with Gasteiger partial charge in [0.15, 0.2) is 0 Å². The third kappa shape index (κ3) is 2.45. The average Bonchev–Trinajstić information content (AvgIpc) is 2.72. The smallest absolute Gasteiger partial charge is 0.340 e. The Morgan fingerprint density at radius 3 is 2.47 bits per heavy atom. The fraction of sp³-hybridized carbons (Fsp3) is 0.900. The fourth-order valence-corrected chi connectivity index (χ4v) is 2.66. The zero-order valence-electron chi connectivity index (χ0n) is 8.49. The summed E-state index contributed by atoms with van der Waals surface area (Å²) in [4.78, 5) is 13.1. The molecular formula is C10H15F2NO2. The Hall–Kier alpha value is -0.710. The second kappa shape index (κ2) is 4.43. The van der Waals surface area contributed by atoms with E-state index in [0.717, 1.165) is 13.1 Å². The highest BCUT2D eigenvalue weighted by molar-refractivity contribution is 5.77. The van der Waals surface area contributed by atoms with E-state index in [0.29, 0.717) is 11.8 Å². The molecule has 0 aromatic heterocycles. The first-order chi connectivity index (χ1) is 7.16. The minimum absolute atomic E-state index is 0.301. The summed E-state index contributed by atoms with van der Waals surface area (Å²) in [6, 6.07) is 0. The molecule has 86 valence electrons. The lowest BCUT2D eigenvalue weighted by atomic mass is 10.0. The number of hydrogen-bond donors (Lipinski definition) is 0. The van der Waals surface area contributed by atoms with Crippen LogP contribution in [0, 0.1) is 11.8 Å². The van der Waals surface area contributed by atoms with Crippen LogP contribution in [-0.4, -0.2) is 37.1 Å². The number of nitrogens with zero attached hydrogens (tertiary/aromatic N) is 1. The molecule has 0 unspecified atom stereocenters. The van der Waals surface area contributed by atoms with Crippen molar-refractivity contribution in [3.8, 4) is 0 Å². The largest absolute Gasteiger partial charge is 0.345 e. The summed E-state index contributed by atoms with van der Waals surface area (Å²) in [5.74, 6) is 0.894. The average molecular weight is 219 g/mol. The van der Waals surface area contributed by atoms with Crippen molar-refractivity contribution >= 4 is 5.91 Å². The Morgan fingerprint density at radius 2 is 1.93 bits per heavy atom. The third-order valence-corrected chi connectivity index (χ3v) is 3.41. The maximum Gasteiger partial charge on any atom is 0.345 e. The van der Waals surface area contributed by atoms with Gasteiger partial charge in [0.2, 0.25) is 5.91 Å². The van der Waals surface area contributed by atoms with Crippen molar-refractivity contribution in [2.45, 2.75) is 25.9 Å². The summed E-state index contributed by atoms with van der Waals surface area (Å²) in [6.45, 7) is -1.88. The molecule has 0 spiro atoms. The van der Waals surface area contributed by atoms with Gasteiger partial charge in [0.1, 0.15) is 6.61 Å². The van der Waals surface area contributed by atoms with Crippen LogP contribution < -0.4 is 0 Å². The van der Waals surface area contributed by atoms with E-state index in [1.54, 1.807) is 4.90 Å². The Kier molecular flexibility index (Phi) is 3.19. The number of ether oxygens (including phenoxy) is 1. The highest BCUT2D eigenvalue weighted by atomic mass is 19.3. The molecule has 0 N–H and O–H groups in total. The van der Waals surface area contributed by atoms with Gasteiger partial charge in [-0.3, -0.25) is 4.79 Å². The van der Waals surface area contributed by atoms with Crippen molar-refractivity contribution in [3.05, 3.63) is 0 Å². The number of fused-ring (bicyclic) bond motifs is 1. The molecular weight excluding hydrogens is 204 g/mol. The third-order valence-electron chi connectivity index (χ3n) is 3.41. The second-order valence-electron chi connectivity index (χ2n) is 4.32. The van der Waals surface area contributed by atoms with Crippen molar-refractivity contribution in [2.24, 2.45) is 11.8 Å². The molecule has 1 heterocycles. The van der Waals surface area contributed by atoms with Crippen molar-refractivity contribution in [1.29, 1.82) is 0 Å². The number of likely N-dealkylation sites (tertiary alicyclic amines) is 1. The Bertz CT molecular complexity index is 236. The lowest BCUT2D eigenvalue weighted by Crippen LogP contribution is -2.33. The van der Waals surface area contributed by atoms with Crippen molar-refractivity contribution < 1.29 is 18.3 Å². The van der Waals surface area contributed by atoms with E-state index in [1.807, 2.05) is 0 Å². The van der Waals surface area contributed by atoms with E-state index < -0.39 is 13.2 Å². The molecule has 15 heavy (non-hydrogen) atoms. The predicted molar refractivity (Wildman–Crippen MR) is 49.4 cm³/mol. The van der Waals surface area contributed by atoms with Gasteiger partial charge >= 0.3 is 6.61 Å². The van der Waals surface area contributed by atoms with Crippen molar-refractivity contribution in [2.75, 3.05) is 19.7 Å². The van der Waals surface area contributed by atoms with Gasteiger partial charge in [0.05, 0.1) is 0 Å². The van der Waals surface area contributed by atoms with Crippen LogP contribution in [0.1, 0.15) is 19.3 Å². The molecule has 1 saturated carbocycles. The van der Waals surface area contributed by atoms with Crippen LogP contribution in [0.15, 0.2) is 0 Å². The quantitative estimate of drug-likeness (QED) is 0.719. The Morgan fingerprint density at radius 1 is 1.33 bits per heavy atom. The number of amides is 1. The highest BCUT2D eigenvalue weighted by Gasteiger charge is 2.37. The molecule has 2 rings (SSSR count). The monoisotopic (exact) mass is 219 g/mol. The molecule has 0 aromatic carbocycles. The van der Waals surface area contributed by atoms with E-state index >= 15 is 0 Å². The molecule has 2 fully saturated rings. The summed E-state index contributed by atoms with van der Waals surface area (Å²) in [5, 5.41) is 0. The number of carbonyl (C=O) groups is 1. The summed E-state index contributed by atoms with van der Waals surface area (Å²) in [7, 11) is 0. The molecule has 2 atom stereocenters. The number of rotatable bonds is 3. The summed E-state index contributed by atoms with van der Waals surface area (Å²) >= 11 is 0. The van der Waals surface area contributed by atoms with Gasteiger partial charge in [-0.05, 0) is 24.7 Å². The minimum atomic E-state index is -2.85. The first-order valence-corrected chi connectivity index (χ1v) is 5.34. The van der Waals surface area contributed by atoms with Gasteiger partial charge < -0.3 is 9.64 Å². The molecule has 5 heteroatoms. The van der Waals surface area contributed by atoms with Crippen LogP contribution in [0.3, 0.4) is 0 Å². The standard InChI is InChI=1S/C10H15F2NO2/c11-10(12)15-6-9(14)13-4-7-2-1-3-8(7)5-13/h7-8,10H,1-6H2/t7-,8+. The number of alkyl halides is 2. The lowest BCUT2D eigenvalue weighted by molar-refractivity contribution is -0.159. The second-order valence-corrected chi connectivity index (χ2v) is 4.32. The van der Waals surface area contributed by atoms with Gasteiger partial charge in [-0.1, -0.05) is 6.42 Å². The maximum atomic E-state index is 11.7. The van der Waals surface area contributed by atoms with Crippen LogP contribution >= 0.6 is 0 Å². The number of carbonyl (C=O) groups excluding carboxylic acids is 1. The Balaban J connectivity index is 1.78. The minimum Gasteiger partial charge on any atom is -0.340 e. The summed E-state index contributed by atoms with van der Waals surface area (Å²) in [5.41, 5.74) is 0. The van der Waals surface area contributed by atoms with E-state index in [9.17, 15) is 13.6 Å². The normalized spacial score (nSPS) is 29.9. The molecule has 0 aromatic rings. The molecule has 0 bridgehead atoms. The zero-order valence-corrected chi connectivity index (χ0v) is 8.49. The fourth-order valence-electron chi connectivity index (χ4n) is 2.66.